The molecule has 0 aliphatic heterocycles. The molecule has 16 heavy (non-hydrogen) atoms. The minimum Gasteiger partial charge on any atom is -0.309 e. The van der Waals surface area contributed by atoms with Crippen LogP contribution in [-0.2, 0) is 6.42 Å². The molecule has 0 spiro atoms. The van der Waals surface area contributed by atoms with Gasteiger partial charge in [-0.3, -0.25) is 11.3 Å². The van der Waals surface area contributed by atoms with Gasteiger partial charge in [0, 0.05) is 11.1 Å². The largest absolute Gasteiger partial charge is 0.309 e. The third kappa shape index (κ3) is 4.94. The molecular formula is C12H20ClN3. The highest BCUT2D eigenvalue weighted by molar-refractivity contribution is 6.30. The molecule has 0 saturated heterocycles. The number of nitrogens with zero attached hydrogens (tertiary/aromatic N) is 1. The van der Waals surface area contributed by atoms with Crippen LogP contribution in [-0.4, -0.2) is 31.6 Å². The highest BCUT2D eigenvalue weighted by Crippen LogP contribution is 2.11. The Morgan fingerprint density at radius 2 is 1.94 bits per heavy atom. The summed E-state index contributed by atoms with van der Waals surface area (Å²) < 4.78 is 0. The van der Waals surface area contributed by atoms with Gasteiger partial charge in [-0.05, 0) is 51.2 Å². The van der Waals surface area contributed by atoms with Crippen molar-refractivity contribution in [1.82, 2.24) is 10.3 Å². The number of hydrogen-bond donors (Lipinski definition) is 2. The predicted molar refractivity (Wildman–Crippen MR) is 69.4 cm³/mol. The van der Waals surface area contributed by atoms with Gasteiger partial charge in [-0.25, -0.2) is 0 Å². The fraction of sp³-hybridized carbons (Fsp3) is 0.500. The van der Waals surface area contributed by atoms with Gasteiger partial charge in [-0.1, -0.05) is 23.7 Å². The lowest BCUT2D eigenvalue weighted by Crippen LogP contribution is -2.38. The molecule has 0 saturated carbocycles. The monoisotopic (exact) mass is 241 g/mol. The first kappa shape index (κ1) is 13.5. The molecule has 1 aromatic carbocycles. The lowest BCUT2D eigenvalue weighted by molar-refractivity contribution is 0.358. The molecule has 0 amide bonds. The lowest BCUT2D eigenvalue weighted by atomic mass is 10.0. The zero-order valence-corrected chi connectivity index (χ0v) is 10.7. The van der Waals surface area contributed by atoms with Crippen molar-refractivity contribution in [2.45, 2.75) is 18.9 Å². The van der Waals surface area contributed by atoms with Gasteiger partial charge < -0.3 is 4.90 Å². The van der Waals surface area contributed by atoms with Gasteiger partial charge in [-0.2, -0.15) is 0 Å². The van der Waals surface area contributed by atoms with Gasteiger partial charge in [0.1, 0.15) is 0 Å². The maximum Gasteiger partial charge on any atom is 0.0406 e. The van der Waals surface area contributed by atoms with E-state index in [0.717, 1.165) is 24.4 Å². The van der Waals surface area contributed by atoms with E-state index in [1.165, 1.54) is 5.56 Å². The van der Waals surface area contributed by atoms with Gasteiger partial charge >= 0.3 is 0 Å². The van der Waals surface area contributed by atoms with E-state index in [-0.39, 0.29) is 0 Å². The third-order valence-electron chi connectivity index (χ3n) is 2.56. The molecule has 1 atom stereocenters. The van der Waals surface area contributed by atoms with Crippen LogP contribution >= 0.6 is 11.6 Å². The summed E-state index contributed by atoms with van der Waals surface area (Å²) in [6.07, 6.45) is 1.97. The van der Waals surface area contributed by atoms with E-state index in [1.54, 1.807) is 0 Å². The Hall–Kier alpha value is -0.610. The van der Waals surface area contributed by atoms with Crippen LogP contribution in [0.2, 0.25) is 5.02 Å². The minimum absolute atomic E-state index is 0.309. The predicted octanol–water partition coefficient (Wildman–Crippen LogP) is 1.67. The second kappa shape index (κ2) is 6.86. The topological polar surface area (TPSA) is 41.3 Å². The van der Waals surface area contributed by atoms with Crippen LogP contribution in [0.15, 0.2) is 24.3 Å². The van der Waals surface area contributed by atoms with Crippen LogP contribution < -0.4 is 11.3 Å². The molecule has 0 aliphatic rings. The van der Waals surface area contributed by atoms with Crippen molar-refractivity contribution in [2.24, 2.45) is 5.84 Å². The second-order valence-corrected chi connectivity index (χ2v) is 4.72. The number of nitrogens with one attached hydrogen (secondary N) is 1. The summed E-state index contributed by atoms with van der Waals surface area (Å²) in [5.41, 5.74) is 4.12. The van der Waals surface area contributed by atoms with Crippen molar-refractivity contribution in [1.29, 1.82) is 0 Å². The Kier molecular flexibility index (Phi) is 5.77. The van der Waals surface area contributed by atoms with Gasteiger partial charge in [-0.15, -0.1) is 0 Å². The van der Waals surface area contributed by atoms with E-state index < -0.39 is 0 Å². The number of benzene rings is 1. The Morgan fingerprint density at radius 3 is 2.44 bits per heavy atom. The Balaban J connectivity index is 2.46. The van der Waals surface area contributed by atoms with E-state index in [9.17, 15) is 0 Å². The number of hydrogen-bond acceptors (Lipinski definition) is 3. The molecule has 1 aromatic rings. The molecule has 1 rings (SSSR count). The zero-order valence-electron chi connectivity index (χ0n) is 9.91. The number of rotatable bonds is 6. The smallest absolute Gasteiger partial charge is 0.0406 e. The van der Waals surface area contributed by atoms with Crippen molar-refractivity contribution in [3.05, 3.63) is 34.9 Å². The van der Waals surface area contributed by atoms with Crippen LogP contribution in [0.1, 0.15) is 12.0 Å². The van der Waals surface area contributed by atoms with Crippen molar-refractivity contribution in [3.8, 4) is 0 Å². The molecule has 0 fully saturated rings. The molecule has 0 heterocycles. The van der Waals surface area contributed by atoms with E-state index in [2.05, 4.69) is 24.4 Å². The van der Waals surface area contributed by atoms with Crippen molar-refractivity contribution in [3.63, 3.8) is 0 Å². The van der Waals surface area contributed by atoms with Gasteiger partial charge in [0.2, 0.25) is 0 Å². The molecule has 90 valence electrons. The SMILES string of the molecule is CN(C)CCC(Cc1ccc(Cl)cc1)NN. The van der Waals surface area contributed by atoms with E-state index in [1.807, 2.05) is 24.3 Å². The minimum atomic E-state index is 0.309. The highest BCUT2D eigenvalue weighted by atomic mass is 35.5. The molecule has 3 nitrogen and oxygen atoms in total. The molecular weight excluding hydrogens is 222 g/mol. The van der Waals surface area contributed by atoms with Crippen LogP contribution in [0, 0.1) is 0 Å². The van der Waals surface area contributed by atoms with Gasteiger partial charge in [0.05, 0.1) is 0 Å². The summed E-state index contributed by atoms with van der Waals surface area (Å²) in [6.45, 7) is 1.03. The van der Waals surface area contributed by atoms with E-state index in [4.69, 9.17) is 17.4 Å². The third-order valence-corrected chi connectivity index (χ3v) is 2.81. The normalized spacial score (nSPS) is 13.1. The molecule has 3 N–H and O–H groups in total. The summed E-state index contributed by atoms with van der Waals surface area (Å²) in [5, 5.41) is 0.772. The molecule has 0 aliphatic carbocycles. The lowest BCUT2D eigenvalue weighted by Gasteiger charge is -2.18. The van der Waals surface area contributed by atoms with Crippen molar-refractivity contribution >= 4 is 11.6 Å². The standard InChI is InChI=1S/C12H20ClN3/c1-16(2)8-7-12(15-14)9-10-3-5-11(13)6-4-10/h3-6,12,15H,7-9,14H2,1-2H3. The Labute approximate surface area is 103 Å². The fourth-order valence-corrected chi connectivity index (χ4v) is 1.69. The molecule has 1 unspecified atom stereocenters. The highest BCUT2D eigenvalue weighted by Gasteiger charge is 2.07. The first-order valence-corrected chi connectivity index (χ1v) is 5.85. The van der Waals surface area contributed by atoms with Crippen LogP contribution in [0.3, 0.4) is 0 Å². The summed E-state index contributed by atoms with van der Waals surface area (Å²) >= 11 is 5.84. The fourth-order valence-electron chi connectivity index (χ4n) is 1.56. The van der Waals surface area contributed by atoms with Crippen molar-refractivity contribution < 1.29 is 0 Å². The summed E-state index contributed by atoms with van der Waals surface area (Å²) in [5.74, 6) is 5.54. The van der Waals surface area contributed by atoms with E-state index in [0.29, 0.717) is 6.04 Å². The summed E-state index contributed by atoms with van der Waals surface area (Å²) in [7, 11) is 4.13. The number of nitrogens with two attached hydrogens (primary N) is 1. The Bertz CT molecular complexity index is 298. The Morgan fingerprint density at radius 1 is 1.31 bits per heavy atom. The second-order valence-electron chi connectivity index (χ2n) is 4.29. The number of hydrazine groups is 1. The van der Waals surface area contributed by atoms with Crippen molar-refractivity contribution in [2.75, 3.05) is 20.6 Å². The number of halogens is 1. The van der Waals surface area contributed by atoms with Gasteiger partial charge in [0.25, 0.3) is 0 Å². The molecule has 4 heteroatoms. The van der Waals surface area contributed by atoms with Gasteiger partial charge in [0.15, 0.2) is 0 Å². The van der Waals surface area contributed by atoms with E-state index >= 15 is 0 Å². The molecule has 0 aromatic heterocycles. The quantitative estimate of drug-likeness (QED) is 0.588. The van der Waals surface area contributed by atoms with Crippen LogP contribution in [0.5, 0.6) is 0 Å². The van der Waals surface area contributed by atoms with Crippen LogP contribution in [0.25, 0.3) is 0 Å². The summed E-state index contributed by atoms with van der Waals surface area (Å²) in [6, 6.07) is 8.22. The first-order chi connectivity index (χ1) is 7.61. The molecule has 0 bridgehead atoms. The zero-order chi connectivity index (χ0) is 12.0. The maximum atomic E-state index is 5.84. The average molecular weight is 242 g/mol. The average Bonchev–Trinajstić information content (AvgIpc) is 2.26. The van der Waals surface area contributed by atoms with Crippen LogP contribution in [0.4, 0.5) is 0 Å². The maximum absolute atomic E-state index is 5.84. The molecule has 0 radical (unpaired) electrons. The first-order valence-electron chi connectivity index (χ1n) is 5.47. The summed E-state index contributed by atoms with van der Waals surface area (Å²) in [4.78, 5) is 2.16.